The van der Waals surface area contributed by atoms with E-state index in [4.69, 9.17) is 0 Å². The lowest BCUT2D eigenvalue weighted by Crippen LogP contribution is -2.38. The number of nitrogens with zero attached hydrogens (tertiary/aromatic N) is 1. The van der Waals surface area contributed by atoms with Crippen LogP contribution in [0.15, 0.2) is 11.2 Å². The summed E-state index contributed by atoms with van der Waals surface area (Å²) in [7, 11) is -3.46. The normalized spacial score (nSPS) is 24.6. The summed E-state index contributed by atoms with van der Waals surface area (Å²) >= 11 is 1.84. The van der Waals surface area contributed by atoms with Gasteiger partial charge in [-0.15, -0.1) is 0 Å². The third-order valence-electron chi connectivity index (χ3n) is 3.11. The Morgan fingerprint density at radius 2 is 2.33 bits per heavy atom. The molecule has 1 aliphatic carbocycles. The second kappa shape index (κ2) is 5.63. The van der Waals surface area contributed by atoms with Gasteiger partial charge in [-0.3, -0.25) is 0 Å². The molecule has 18 heavy (non-hydrogen) atoms. The summed E-state index contributed by atoms with van der Waals surface area (Å²) in [5, 5.41) is 0.556. The van der Waals surface area contributed by atoms with Gasteiger partial charge in [0.1, 0.15) is 5.82 Å². The molecule has 1 aromatic heterocycles. The highest BCUT2D eigenvalue weighted by Gasteiger charge is 2.31. The number of hydrogen-bond donors (Lipinski definition) is 2. The van der Waals surface area contributed by atoms with E-state index in [-0.39, 0.29) is 11.1 Å². The average Bonchev–Trinajstić information content (AvgIpc) is 2.89. The number of aryl methyl sites for hydroxylation is 1. The van der Waals surface area contributed by atoms with Gasteiger partial charge in [-0.25, -0.2) is 18.1 Å². The number of thioether (sulfide) groups is 1. The molecule has 0 aliphatic heterocycles. The monoisotopic (exact) mass is 289 g/mol. The predicted octanol–water partition coefficient (Wildman–Crippen LogP) is 1.67. The zero-order chi connectivity index (χ0) is 13.2. The third-order valence-corrected chi connectivity index (χ3v) is 5.83. The van der Waals surface area contributed by atoms with Crippen LogP contribution in [-0.2, 0) is 10.0 Å². The van der Waals surface area contributed by atoms with Gasteiger partial charge in [0.25, 0.3) is 10.0 Å². The molecule has 2 rings (SSSR count). The van der Waals surface area contributed by atoms with Gasteiger partial charge in [0.2, 0.25) is 0 Å². The fraction of sp³-hybridized carbons (Fsp3) is 0.727. The molecular formula is C11H19N3O2S2. The second-order valence-electron chi connectivity index (χ2n) is 4.49. The van der Waals surface area contributed by atoms with E-state index < -0.39 is 10.0 Å². The molecule has 0 spiro atoms. The van der Waals surface area contributed by atoms with E-state index in [2.05, 4.69) is 21.6 Å². The highest BCUT2D eigenvalue weighted by atomic mass is 32.2. The minimum absolute atomic E-state index is 0.0450. The highest BCUT2D eigenvalue weighted by Crippen LogP contribution is 2.30. The van der Waals surface area contributed by atoms with Crippen molar-refractivity contribution in [2.75, 3.05) is 5.75 Å². The molecule has 2 atom stereocenters. The van der Waals surface area contributed by atoms with Gasteiger partial charge >= 0.3 is 0 Å². The number of aromatic amines is 1. The number of hydrogen-bond acceptors (Lipinski definition) is 4. The molecule has 1 aromatic rings. The summed E-state index contributed by atoms with van der Waals surface area (Å²) in [5.41, 5.74) is 0. The predicted molar refractivity (Wildman–Crippen MR) is 73.2 cm³/mol. The van der Waals surface area contributed by atoms with Crippen LogP contribution in [-0.4, -0.2) is 35.4 Å². The van der Waals surface area contributed by atoms with Crippen molar-refractivity contribution in [1.82, 2.24) is 14.7 Å². The highest BCUT2D eigenvalue weighted by molar-refractivity contribution is 8.00. The summed E-state index contributed by atoms with van der Waals surface area (Å²) in [6.07, 6.45) is 4.47. The lowest BCUT2D eigenvalue weighted by atomic mass is 10.3. The van der Waals surface area contributed by atoms with Crippen molar-refractivity contribution in [1.29, 1.82) is 0 Å². The zero-order valence-corrected chi connectivity index (χ0v) is 12.3. The minimum Gasteiger partial charge on any atom is -0.332 e. The van der Waals surface area contributed by atoms with Crippen molar-refractivity contribution in [2.24, 2.45) is 0 Å². The first-order valence-electron chi connectivity index (χ1n) is 6.18. The van der Waals surface area contributed by atoms with Crippen molar-refractivity contribution in [3.8, 4) is 0 Å². The standard InChI is InChI=1S/C11H19N3O2S2/c1-3-17-10-6-4-5-9(10)14-18(15,16)11-7-12-8(2)13-11/h7,9-10,14H,3-6H2,1-2H3,(H,12,13). The number of nitrogens with one attached hydrogen (secondary N) is 2. The van der Waals surface area contributed by atoms with Crippen molar-refractivity contribution in [3.63, 3.8) is 0 Å². The van der Waals surface area contributed by atoms with Crippen LogP contribution in [0, 0.1) is 6.92 Å². The fourth-order valence-corrected chi connectivity index (χ4v) is 4.84. The molecule has 2 N–H and O–H groups in total. The summed E-state index contributed by atoms with van der Waals surface area (Å²) in [6.45, 7) is 3.84. The van der Waals surface area contributed by atoms with Gasteiger partial charge in [0, 0.05) is 11.3 Å². The van der Waals surface area contributed by atoms with Gasteiger partial charge < -0.3 is 4.98 Å². The molecule has 1 aliphatic rings. The Hall–Kier alpha value is -0.530. The van der Waals surface area contributed by atoms with Gasteiger partial charge in [0.15, 0.2) is 5.03 Å². The molecule has 0 amide bonds. The van der Waals surface area contributed by atoms with Crippen molar-refractivity contribution in [2.45, 2.75) is 49.4 Å². The Balaban J connectivity index is 2.08. The van der Waals surface area contributed by atoms with Crippen molar-refractivity contribution >= 4 is 21.8 Å². The summed E-state index contributed by atoms with van der Waals surface area (Å²) in [4.78, 5) is 6.70. The lowest BCUT2D eigenvalue weighted by molar-refractivity contribution is 0.552. The molecule has 1 fully saturated rings. The summed E-state index contributed by atoms with van der Waals surface area (Å²) in [5.74, 6) is 1.63. The summed E-state index contributed by atoms with van der Waals surface area (Å²) in [6, 6.07) is 0.0450. The number of imidazole rings is 1. The van der Waals surface area contributed by atoms with Gasteiger partial charge in [-0.1, -0.05) is 13.3 Å². The Bertz CT molecular complexity index is 498. The molecule has 0 bridgehead atoms. The smallest absolute Gasteiger partial charge is 0.257 e. The van der Waals surface area contributed by atoms with E-state index in [0.29, 0.717) is 11.1 Å². The van der Waals surface area contributed by atoms with Gasteiger partial charge in [-0.2, -0.15) is 11.8 Å². The largest absolute Gasteiger partial charge is 0.332 e. The maximum absolute atomic E-state index is 12.2. The van der Waals surface area contributed by atoms with E-state index >= 15 is 0 Å². The molecule has 5 nitrogen and oxygen atoms in total. The SMILES string of the molecule is CCSC1CCCC1NS(=O)(=O)c1cnc(C)[nH]1. The van der Waals surface area contributed by atoms with Gasteiger partial charge in [-0.05, 0) is 25.5 Å². The molecule has 0 radical (unpaired) electrons. The van der Waals surface area contributed by atoms with Crippen molar-refractivity contribution in [3.05, 3.63) is 12.0 Å². The molecule has 0 saturated heterocycles. The molecule has 1 saturated carbocycles. The summed E-state index contributed by atoms with van der Waals surface area (Å²) < 4.78 is 27.1. The molecule has 0 aromatic carbocycles. The Morgan fingerprint density at radius 3 is 2.94 bits per heavy atom. The second-order valence-corrected chi connectivity index (χ2v) is 7.68. The molecule has 102 valence electrons. The van der Waals surface area contributed by atoms with Crippen LogP contribution < -0.4 is 4.72 Å². The van der Waals surface area contributed by atoms with Crippen LogP contribution in [0.3, 0.4) is 0 Å². The first-order valence-corrected chi connectivity index (χ1v) is 8.71. The number of sulfonamides is 1. The maximum atomic E-state index is 12.2. The van der Waals surface area contributed by atoms with E-state index in [9.17, 15) is 8.42 Å². The topological polar surface area (TPSA) is 74.8 Å². The first-order chi connectivity index (χ1) is 8.53. The van der Waals surface area contributed by atoms with E-state index in [0.717, 1.165) is 25.0 Å². The quantitative estimate of drug-likeness (QED) is 0.864. The number of aromatic nitrogens is 2. The molecule has 1 heterocycles. The third kappa shape index (κ3) is 3.07. The van der Waals surface area contributed by atoms with Gasteiger partial charge in [0.05, 0.1) is 6.20 Å². The van der Waals surface area contributed by atoms with E-state index in [1.54, 1.807) is 6.92 Å². The average molecular weight is 289 g/mol. The Labute approximate surface area is 112 Å². The first kappa shape index (κ1) is 13.9. The Kier molecular flexibility index (Phi) is 4.34. The van der Waals surface area contributed by atoms with Crippen LogP contribution in [0.1, 0.15) is 32.0 Å². The molecule has 7 heteroatoms. The van der Waals surface area contributed by atoms with Crippen molar-refractivity contribution < 1.29 is 8.42 Å². The zero-order valence-electron chi connectivity index (χ0n) is 10.6. The Morgan fingerprint density at radius 1 is 1.56 bits per heavy atom. The van der Waals surface area contributed by atoms with Crippen LogP contribution in [0.5, 0.6) is 0 Å². The van der Waals surface area contributed by atoms with Crippen LogP contribution in [0.2, 0.25) is 0 Å². The van der Waals surface area contributed by atoms with E-state index in [1.807, 2.05) is 11.8 Å². The molecular weight excluding hydrogens is 270 g/mol. The minimum atomic E-state index is -3.46. The van der Waals surface area contributed by atoms with E-state index in [1.165, 1.54) is 6.20 Å². The maximum Gasteiger partial charge on any atom is 0.257 e. The number of rotatable bonds is 5. The lowest BCUT2D eigenvalue weighted by Gasteiger charge is -2.19. The van der Waals surface area contributed by atoms with Crippen LogP contribution in [0.25, 0.3) is 0 Å². The van der Waals surface area contributed by atoms with Crippen LogP contribution in [0.4, 0.5) is 0 Å². The fourth-order valence-electron chi connectivity index (χ4n) is 2.27. The molecule has 2 unspecified atom stereocenters. The number of H-pyrrole nitrogens is 1. The van der Waals surface area contributed by atoms with Crippen LogP contribution >= 0.6 is 11.8 Å².